The average molecular weight is 443 g/mol. The Morgan fingerprint density at radius 3 is 2.68 bits per heavy atom. The van der Waals surface area contributed by atoms with Crippen molar-refractivity contribution in [3.63, 3.8) is 0 Å². The molecule has 2 saturated heterocycles. The van der Waals surface area contributed by atoms with E-state index in [0.29, 0.717) is 17.2 Å². The van der Waals surface area contributed by atoms with Crippen molar-refractivity contribution in [2.75, 3.05) is 7.11 Å². The van der Waals surface area contributed by atoms with E-state index in [1.165, 1.54) is 0 Å². The van der Waals surface area contributed by atoms with Crippen LogP contribution >= 0.6 is 11.6 Å². The molecule has 4 aliphatic rings. The first-order valence-corrected chi connectivity index (χ1v) is 11.5. The highest BCUT2D eigenvalue weighted by molar-refractivity contribution is 6.37. The highest BCUT2D eigenvalue weighted by Crippen LogP contribution is 2.62. The molecular formula is C24H31ClN4O2. The second-order valence-electron chi connectivity index (χ2n) is 11.1. The summed E-state index contributed by atoms with van der Waals surface area (Å²) in [6.07, 6.45) is 8.52. The zero-order valence-electron chi connectivity index (χ0n) is 18.7. The number of H-pyrrole nitrogens is 1. The fraction of sp³-hybridized carbons (Fsp3) is 0.667. The molecule has 4 heterocycles. The molecule has 0 spiro atoms. The number of piperidine rings is 2. The monoisotopic (exact) mass is 442 g/mol. The minimum Gasteiger partial charge on any atom is -0.494 e. The summed E-state index contributed by atoms with van der Waals surface area (Å²) in [6.45, 7) is 6.62. The second kappa shape index (κ2) is 6.84. The van der Waals surface area contributed by atoms with Crippen molar-refractivity contribution in [1.82, 2.24) is 14.9 Å². The highest BCUT2D eigenvalue weighted by Gasteiger charge is 2.60. The van der Waals surface area contributed by atoms with Gasteiger partial charge in [-0.05, 0) is 54.9 Å². The van der Waals surface area contributed by atoms with E-state index in [-0.39, 0.29) is 28.3 Å². The molecule has 0 radical (unpaired) electrons. The largest absolute Gasteiger partial charge is 0.494 e. The predicted octanol–water partition coefficient (Wildman–Crippen LogP) is 4.76. The standard InChI is InChI=1S/C24H31ClN4O2/c1-22(2,16-10-27-21-19(16)20(25)17(31-4)11-28-21)9-18(30)29-14-5-23(3)6-15(29)8-24(7-14,12-23)13-26/h10-11,14-15,18,30H,5-9,12H2,1-4H3,(H,27,28). The molecule has 2 aliphatic heterocycles. The zero-order valence-corrected chi connectivity index (χ0v) is 19.5. The molecule has 31 heavy (non-hydrogen) atoms. The van der Waals surface area contributed by atoms with Crippen molar-refractivity contribution in [3.8, 4) is 11.8 Å². The fourth-order valence-corrected chi connectivity index (χ4v) is 7.50. The molecule has 2 saturated carbocycles. The summed E-state index contributed by atoms with van der Waals surface area (Å²) in [7, 11) is 1.59. The molecule has 2 aromatic rings. The number of aromatic amines is 1. The minimum atomic E-state index is -0.563. The van der Waals surface area contributed by atoms with E-state index in [0.717, 1.165) is 48.7 Å². The lowest BCUT2D eigenvalue weighted by Gasteiger charge is -2.64. The first-order chi connectivity index (χ1) is 14.6. The molecule has 6 nitrogen and oxygen atoms in total. The predicted molar refractivity (Wildman–Crippen MR) is 120 cm³/mol. The number of nitrogens with zero attached hydrogens (tertiary/aromatic N) is 3. The maximum Gasteiger partial charge on any atom is 0.156 e. The first-order valence-electron chi connectivity index (χ1n) is 11.2. The molecule has 3 unspecified atom stereocenters. The Bertz CT molecular complexity index is 1060. The van der Waals surface area contributed by atoms with Crippen LogP contribution in [0.5, 0.6) is 5.75 Å². The molecular weight excluding hydrogens is 412 g/mol. The van der Waals surface area contributed by atoms with Gasteiger partial charge in [-0.25, -0.2) is 4.98 Å². The van der Waals surface area contributed by atoms with Crippen LogP contribution in [-0.2, 0) is 5.41 Å². The van der Waals surface area contributed by atoms with Crippen LogP contribution in [0.25, 0.3) is 11.0 Å². The van der Waals surface area contributed by atoms with E-state index in [9.17, 15) is 10.4 Å². The third kappa shape index (κ3) is 3.16. The van der Waals surface area contributed by atoms with Gasteiger partial charge in [0.05, 0.1) is 29.8 Å². The molecule has 2 aliphatic carbocycles. The minimum absolute atomic E-state index is 0.196. The Labute approximate surface area is 188 Å². The van der Waals surface area contributed by atoms with Crippen molar-refractivity contribution >= 4 is 22.6 Å². The van der Waals surface area contributed by atoms with Crippen molar-refractivity contribution in [1.29, 1.82) is 5.26 Å². The molecule has 4 bridgehead atoms. The molecule has 2 N–H and O–H groups in total. The van der Waals surface area contributed by atoms with Crippen LogP contribution in [0.3, 0.4) is 0 Å². The third-order valence-electron chi connectivity index (χ3n) is 8.15. The summed E-state index contributed by atoms with van der Waals surface area (Å²) >= 11 is 6.64. The number of aliphatic hydroxyl groups is 1. The Morgan fingerprint density at radius 1 is 1.39 bits per heavy atom. The highest BCUT2D eigenvalue weighted by atomic mass is 35.5. The van der Waals surface area contributed by atoms with Gasteiger partial charge in [-0.3, -0.25) is 4.90 Å². The smallest absolute Gasteiger partial charge is 0.156 e. The Kier molecular flexibility index (Phi) is 4.65. The van der Waals surface area contributed by atoms with Crippen LogP contribution in [-0.4, -0.2) is 45.4 Å². The Hall–Kier alpha value is -1.81. The number of hydrogen-bond acceptors (Lipinski definition) is 5. The molecule has 7 heteroatoms. The van der Waals surface area contributed by atoms with Gasteiger partial charge in [-0.2, -0.15) is 5.26 Å². The number of halogens is 1. The molecule has 4 fully saturated rings. The number of rotatable bonds is 5. The number of aliphatic hydroxyl groups excluding tert-OH is 1. The topological polar surface area (TPSA) is 85.2 Å². The zero-order chi connectivity index (χ0) is 22.2. The van der Waals surface area contributed by atoms with Crippen LogP contribution in [0.15, 0.2) is 12.4 Å². The summed E-state index contributed by atoms with van der Waals surface area (Å²) in [5.74, 6) is 0.547. The van der Waals surface area contributed by atoms with Gasteiger partial charge in [0.2, 0.25) is 0 Å². The Morgan fingerprint density at radius 2 is 2.06 bits per heavy atom. The van der Waals surface area contributed by atoms with Crippen molar-refractivity contribution in [2.45, 2.75) is 83.0 Å². The van der Waals surface area contributed by atoms with Crippen molar-refractivity contribution in [3.05, 3.63) is 23.0 Å². The number of nitrogens with one attached hydrogen (secondary N) is 1. The van der Waals surface area contributed by atoms with Gasteiger partial charge in [0.1, 0.15) is 11.9 Å². The molecule has 166 valence electrons. The summed E-state index contributed by atoms with van der Waals surface area (Å²) in [5.41, 5.74) is 1.46. The van der Waals surface area contributed by atoms with E-state index in [1.54, 1.807) is 13.3 Å². The van der Waals surface area contributed by atoms with E-state index >= 15 is 0 Å². The van der Waals surface area contributed by atoms with Gasteiger partial charge in [0.15, 0.2) is 5.75 Å². The summed E-state index contributed by atoms with van der Waals surface area (Å²) in [5, 5.41) is 22.7. The average Bonchev–Trinajstić information content (AvgIpc) is 3.12. The Balaban J connectivity index is 1.43. The maximum atomic E-state index is 11.5. The van der Waals surface area contributed by atoms with Crippen LogP contribution in [0.4, 0.5) is 0 Å². The normalized spacial score (nSPS) is 33.6. The summed E-state index contributed by atoms with van der Waals surface area (Å²) < 4.78 is 5.37. The molecule has 3 atom stereocenters. The number of ether oxygens (including phenoxy) is 1. The van der Waals surface area contributed by atoms with Crippen molar-refractivity contribution in [2.24, 2.45) is 10.8 Å². The second-order valence-corrected chi connectivity index (χ2v) is 11.5. The van der Waals surface area contributed by atoms with E-state index in [4.69, 9.17) is 16.3 Å². The van der Waals surface area contributed by atoms with Gasteiger partial charge >= 0.3 is 0 Å². The summed E-state index contributed by atoms with van der Waals surface area (Å²) in [4.78, 5) is 9.98. The first kappa shape index (κ1) is 21.1. The SMILES string of the molecule is COc1cnc2[nH]cc(C(C)(C)CC(O)N3C4CC5(C)CC3CC(C#N)(C4)C5)c2c1Cl. The van der Waals surface area contributed by atoms with Gasteiger partial charge in [-0.1, -0.05) is 32.4 Å². The van der Waals surface area contributed by atoms with E-state index < -0.39 is 6.23 Å². The summed E-state index contributed by atoms with van der Waals surface area (Å²) in [6, 6.07) is 3.22. The lowest BCUT2D eigenvalue weighted by Crippen LogP contribution is -2.67. The van der Waals surface area contributed by atoms with Crippen LogP contribution in [0, 0.1) is 22.2 Å². The number of methoxy groups -OCH3 is 1. The van der Waals surface area contributed by atoms with Crippen LogP contribution < -0.4 is 4.74 Å². The fourth-order valence-electron chi connectivity index (χ4n) is 7.18. The quantitative estimate of drug-likeness (QED) is 0.697. The van der Waals surface area contributed by atoms with Gasteiger partial charge < -0.3 is 14.8 Å². The van der Waals surface area contributed by atoms with Crippen LogP contribution in [0.1, 0.15) is 64.9 Å². The van der Waals surface area contributed by atoms with Gasteiger partial charge in [0.25, 0.3) is 0 Å². The third-order valence-corrected chi connectivity index (χ3v) is 8.52. The lowest BCUT2D eigenvalue weighted by molar-refractivity contribution is -0.184. The number of nitriles is 1. The molecule has 2 aromatic heterocycles. The number of hydrogen-bond donors (Lipinski definition) is 2. The molecule has 6 rings (SSSR count). The van der Waals surface area contributed by atoms with Crippen LogP contribution in [0.2, 0.25) is 5.02 Å². The van der Waals surface area contributed by atoms with Crippen molar-refractivity contribution < 1.29 is 9.84 Å². The number of aromatic nitrogens is 2. The lowest BCUT2D eigenvalue weighted by atomic mass is 9.50. The van der Waals surface area contributed by atoms with E-state index in [2.05, 4.69) is 41.7 Å². The number of pyridine rings is 1. The number of fused-ring (bicyclic) bond motifs is 1. The maximum absolute atomic E-state index is 11.5. The van der Waals surface area contributed by atoms with Gasteiger partial charge in [-0.15, -0.1) is 0 Å². The van der Waals surface area contributed by atoms with Gasteiger partial charge in [0, 0.05) is 23.7 Å². The van der Waals surface area contributed by atoms with E-state index in [1.807, 2.05) is 6.20 Å². The molecule has 0 amide bonds. The molecule has 0 aromatic carbocycles.